The van der Waals surface area contributed by atoms with E-state index in [-0.39, 0.29) is 16.5 Å². The first-order valence-corrected chi connectivity index (χ1v) is 10.9. The first-order chi connectivity index (χ1) is 12.3. The van der Waals surface area contributed by atoms with Crippen LogP contribution in [0, 0.1) is 6.92 Å². The summed E-state index contributed by atoms with van der Waals surface area (Å²) < 4.78 is 27.3. The molecule has 3 aromatic rings. The number of aromatic nitrogens is 1. The maximum absolute atomic E-state index is 12.4. The first kappa shape index (κ1) is 19.3. The van der Waals surface area contributed by atoms with E-state index in [1.807, 2.05) is 30.5 Å². The molecule has 1 heterocycles. The third-order valence-corrected chi connectivity index (χ3v) is 6.79. The highest BCUT2D eigenvalue weighted by Gasteiger charge is 2.18. The van der Waals surface area contributed by atoms with Crippen LogP contribution >= 0.6 is 34.5 Å². The van der Waals surface area contributed by atoms with Crippen LogP contribution in [0.25, 0.3) is 10.6 Å². The zero-order valence-electron chi connectivity index (χ0n) is 13.9. The molecule has 8 heteroatoms. The summed E-state index contributed by atoms with van der Waals surface area (Å²) in [7, 11) is -3.73. The van der Waals surface area contributed by atoms with E-state index in [4.69, 9.17) is 23.2 Å². The summed E-state index contributed by atoms with van der Waals surface area (Å²) in [4.78, 5) is 4.56. The molecule has 26 heavy (non-hydrogen) atoms. The van der Waals surface area contributed by atoms with Crippen molar-refractivity contribution in [3.05, 3.63) is 69.1 Å². The average Bonchev–Trinajstić information content (AvgIpc) is 3.06. The Morgan fingerprint density at radius 3 is 2.73 bits per heavy atom. The fraction of sp³-hybridized carbons (Fsp3) is 0.167. The van der Waals surface area contributed by atoms with Crippen LogP contribution in [0.5, 0.6) is 0 Å². The number of hydrogen-bond acceptors (Lipinski definition) is 4. The van der Waals surface area contributed by atoms with E-state index in [9.17, 15) is 8.42 Å². The van der Waals surface area contributed by atoms with Crippen molar-refractivity contribution in [3.63, 3.8) is 0 Å². The molecule has 0 atom stereocenters. The lowest BCUT2D eigenvalue weighted by molar-refractivity contribution is 0.581. The van der Waals surface area contributed by atoms with Gasteiger partial charge < -0.3 is 0 Å². The number of nitrogens with one attached hydrogen (secondary N) is 1. The number of aryl methyl sites for hydroxylation is 1. The van der Waals surface area contributed by atoms with E-state index >= 15 is 0 Å². The van der Waals surface area contributed by atoms with E-state index in [1.165, 1.54) is 17.7 Å². The molecule has 0 spiro atoms. The Kier molecular flexibility index (Phi) is 5.99. The van der Waals surface area contributed by atoms with E-state index in [0.717, 1.165) is 16.3 Å². The van der Waals surface area contributed by atoms with Gasteiger partial charge in [0.1, 0.15) is 9.90 Å². The number of rotatable bonds is 6. The van der Waals surface area contributed by atoms with E-state index < -0.39 is 10.0 Å². The van der Waals surface area contributed by atoms with Gasteiger partial charge in [-0.05, 0) is 31.2 Å². The van der Waals surface area contributed by atoms with Crippen LogP contribution in [0.1, 0.15) is 11.3 Å². The Labute approximate surface area is 166 Å². The van der Waals surface area contributed by atoms with E-state index in [2.05, 4.69) is 15.8 Å². The van der Waals surface area contributed by atoms with Crippen molar-refractivity contribution in [2.75, 3.05) is 6.54 Å². The molecule has 0 unspecified atom stereocenters. The van der Waals surface area contributed by atoms with Crippen molar-refractivity contribution in [1.82, 2.24) is 9.71 Å². The van der Waals surface area contributed by atoms with Crippen molar-refractivity contribution < 1.29 is 8.42 Å². The van der Waals surface area contributed by atoms with Gasteiger partial charge in [-0.2, -0.15) is 0 Å². The molecule has 1 aromatic heterocycles. The molecule has 0 fully saturated rings. The molecule has 1 N–H and O–H groups in total. The van der Waals surface area contributed by atoms with Crippen LogP contribution in [0.15, 0.2) is 52.7 Å². The second-order valence-corrected chi connectivity index (χ2v) is 9.17. The SMILES string of the molecule is Cc1cccc(-c2nc(CCNS(=O)(=O)c3cc(Cl)ccc3Cl)cs2)c1. The van der Waals surface area contributed by atoms with Crippen LogP contribution in [-0.2, 0) is 16.4 Å². The lowest BCUT2D eigenvalue weighted by Gasteiger charge is -2.08. The van der Waals surface area contributed by atoms with Gasteiger partial charge in [0, 0.05) is 28.9 Å². The summed E-state index contributed by atoms with van der Waals surface area (Å²) in [6, 6.07) is 12.5. The molecule has 0 saturated carbocycles. The minimum Gasteiger partial charge on any atom is -0.241 e. The van der Waals surface area contributed by atoms with Crippen LogP contribution in [0.4, 0.5) is 0 Å². The molecule has 3 rings (SSSR count). The molecular weight excluding hydrogens is 411 g/mol. The Bertz CT molecular complexity index is 1030. The highest BCUT2D eigenvalue weighted by molar-refractivity contribution is 7.89. The molecule has 0 aliphatic heterocycles. The number of thiazole rings is 1. The van der Waals surface area contributed by atoms with Gasteiger partial charge in [-0.25, -0.2) is 18.1 Å². The fourth-order valence-corrected chi connectivity index (χ4v) is 5.05. The molecule has 0 saturated heterocycles. The summed E-state index contributed by atoms with van der Waals surface area (Å²) in [6.07, 6.45) is 0.486. The largest absolute Gasteiger partial charge is 0.242 e. The zero-order valence-corrected chi connectivity index (χ0v) is 17.0. The molecule has 0 amide bonds. The molecular formula is C18H16Cl2N2O2S2. The molecule has 0 aliphatic carbocycles. The second-order valence-electron chi connectivity index (χ2n) is 5.74. The quantitative estimate of drug-likeness (QED) is 0.606. The average molecular weight is 427 g/mol. The predicted molar refractivity (Wildman–Crippen MR) is 108 cm³/mol. The Balaban J connectivity index is 1.66. The third-order valence-electron chi connectivity index (χ3n) is 3.67. The third kappa shape index (κ3) is 4.64. The summed E-state index contributed by atoms with van der Waals surface area (Å²) in [6.45, 7) is 2.26. The molecule has 0 radical (unpaired) electrons. The van der Waals surface area contributed by atoms with E-state index in [0.29, 0.717) is 11.4 Å². The predicted octanol–water partition coefficient (Wildman–Crippen LogP) is 4.95. The van der Waals surface area contributed by atoms with Crippen LogP contribution < -0.4 is 4.72 Å². The van der Waals surface area contributed by atoms with Crippen LogP contribution in [-0.4, -0.2) is 19.9 Å². The summed E-state index contributed by atoms with van der Waals surface area (Å²) in [5, 5.41) is 3.32. The van der Waals surface area contributed by atoms with Crippen molar-refractivity contribution in [3.8, 4) is 10.6 Å². The summed E-state index contributed by atoms with van der Waals surface area (Å²) in [5.74, 6) is 0. The Hall–Kier alpha value is -1.44. The smallest absolute Gasteiger partial charge is 0.241 e. The number of hydrogen-bond donors (Lipinski definition) is 1. The zero-order chi connectivity index (χ0) is 18.7. The van der Waals surface area contributed by atoms with E-state index in [1.54, 1.807) is 17.4 Å². The Morgan fingerprint density at radius 2 is 1.96 bits per heavy atom. The monoisotopic (exact) mass is 426 g/mol. The van der Waals surface area contributed by atoms with Gasteiger partial charge in [0.2, 0.25) is 10.0 Å². The summed E-state index contributed by atoms with van der Waals surface area (Å²) >= 11 is 13.4. The highest BCUT2D eigenvalue weighted by atomic mass is 35.5. The number of benzene rings is 2. The number of nitrogens with zero attached hydrogens (tertiary/aromatic N) is 1. The molecule has 0 bridgehead atoms. The maximum Gasteiger partial charge on any atom is 0.242 e. The van der Waals surface area contributed by atoms with Crippen LogP contribution in [0.3, 0.4) is 0 Å². The Morgan fingerprint density at radius 1 is 1.15 bits per heavy atom. The second kappa shape index (κ2) is 8.06. The van der Waals surface area contributed by atoms with Gasteiger partial charge in [0.25, 0.3) is 0 Å². The standard InChI is InChI=1S/C18H16Cl2N2O2S2/c1-12-3-2-4-13(9-12)18-22-15(11-25-18)7-8-21-26(23,24)17-10-14(19)5-6-16(17)20/h2-6,9-11,21H,7-8H2,1H3. The topological polar surface area (TPSA) is 59.1 Å². The maximum atomic E-state index is 12.4. The first-order valence-electron chi connectivity index (χ1n) is 7.81. The fourth-order valence-electron chi connectivity index (χ4n) is 2.41. The minimum absolute atomic E-state index is 0.0228. The number of sulfonamides is 1. The normalized spacial score (nSPS) is 11.7. The van der Waals surface area contributed by atoms with Gasteiger partial charge >= 0.3 is 0 Å². The lowest BCUT2D eigenvalue weighted by atomic mass is 10.1. The van der Waals surface area contributed by atoms with Crippen LogP contribution in [0.2, 0.25) is 10.0 Å². The highest BCUT2D eigenvalue weighted by Crippen LogP contribution is 2.26. The van der Waals surface area contributed by atoms with Gasteiger partial charge in [0.15, 0.2) is 0 Å². The van der Waals surface area contributed by atoms with Gasteiger partial charge in [-0.1, -0.05) is 47.0 Å². The molecule has 4 nitrogen and oxygen atoms in total. The minimum atomic E-state index is -3.73. The molecule has 2 aromatic carbocycles. The van der Waals surface area contributed by atoms with Crippen molar-refractivity contribution in [1.29, 1.82) is 0 Å². The number of halogens is 2. The molecule has 136 valence electrons. The van der Waals surface area contributed by atoms with Crippen molar-refractivity contribution in [2.45, 2.75) is 18.2 Å². The lowest BCUT2D eigenvalue weighted by Crippen LogP contribution is -2.26. The molecule has 0 aliphatic rings. The van der Waals surface area contributed by atoms with Gasteiger partial charge in [-0.15, -0.1) is 11.3 Å². The van der Waals surface area contributed by atoms with Crippen molar-refractivity contribution in [2.24, 2.45) is 0 Å². The summed E-state index contributed by atoms with van der Waals surface area (Å²) in [5.41, 5.74) is 3.07. The van der Waals surface area contributed by atoms with Gasteiger partial charge in [0.05, 0.1) is 10.7 Å². The van der Waals surface area contributed by atoms with Crippen molar-refractivity contribution >= 4 is 44.6 Å². The van der Waals surface area contributed by atoms with Gasteiger partial charge in [-0.3, -0.25) is 0 Å².